The highest BCUT2D eigenvalue weighted by Gasteiger charge is 2.22. The predicted octanol–water partition coefficient (Wildman–Crippen LogP) is 2.56. The summed E-state index contributed by atoms with van der Waals surface area (Å²) in [6.07, 6.45) is -0.151. The van der Waals surface area contributed by atoms with Crippen LogP contribution in [-0.2, 0) is 4.79 Å². The summed E-state index contributed by atoms with van der Waals surface area (Å²) in [5.74, 6) is -0.207. The van der Waals surface area contributed by atoms with Gasteiger partial charge in [0, 0.05) is 37.6 Å². The Balaban J connectivity index is 1.55. The lowest BCUT2D eigenvalue weighted by molar-refractivity contribution is -0.115. The Morgan fingerprint density at radius 2 is 1.84 bits per heavy atom. The number of nitrogens with zero attached hydrogens (tertiary/aromatic N) is 3. The fourth-order valence-electron chi connectivity index (χ4n) is 2.76. The van der Waals surface area contributed by atoms with Gasteiger partial charge in [0.25, 0.3) is 5.91 Å². The molecule has 1 fully saturated rings. The van der Waals surface area contributed by atoms with E-state index in [0.717, 1.165) is 23.7 Å². The number of benzene rings is 1. The number of amides is 2. The molecule has 0 radical (unpaired) electrons. The maximum absolute atomic E-state index is 12.4. The molecule has 1 aromatic carbocycles. The molecular weight excluding hydrogens is 336 g/mol. The lowest BCUT2D eigenvalue weighted by Gasteiger charge is -2.36. The zero-order chi connectivity index (χ0) is 17.6. The summed E-state index contributed by atoms with van der Waals surface area (Å²) in [7, 11) is 0. The molecule has 1 aliphatic heterocycles. The smallest absolute Gasteiger partial charge is 0.264 e. The van der Waals surface area contributed by atoms with Crippen LogP contribution in [0.2, 0.25) is 0 Å². The zero-order valence-corrected chi connectivity index (χ0v) is 14.5. The van der Waals surface area contributed by atoms with Gasteiger partial charge in [-0.3, -0.25) is 9.59 Å². The standard InChI is InChI=1S/C18H18N4O2S/c19-8-7-17(23)20-14-3-5-15(6-4-14)21-9-11-22(12-10-21)18(24)16-2-1-13-25-16/h1-6,13H,7,9-12H2,(H,20,23). The fraction of sp³-hybridized carbons (Fsp3) is 0.278. The lowest BCUT2D eigenvalue weighted by atomic mass is 10.2. The maximum Gasteiger partial charge on any atom is 0.264 e. The molecule has 2 aromatic rings. The van der Waals surface area contributed by atoms with Crippen LogP contribution < -0.4 is 10.2 Å². The van der Waals surface area contributed by atoms with Crippen molar-refractivity contribution in [1.82, 2.24) is 4.90 Å². The summed E-state index contributed by atoms with van der Waals surface area (Å²) >= 11 is 1.47. The maximum atomic E-state index is 12.4. The largest absolute Gasteiger partial charge is 0.368 e. The van der Waals surface area contributed by atoms with Crippen molar-refractivity contribution in [2.24, 2.45) is 0 Å². The highest BCUT2D eigenvalue weighted by atomic mass is 32.1. The minimum Gasteiger partial charge on any atom is -0.368 e. The van der Waals surface area contributed by atoms with Crippen molar-refractivity contribution >= 4 is 34.5 Å². The van der Waals surface area contributed by atoms with Gasteiger partial charge < -0.3 is 15.1 Å². The van der Waals surface area contributed by atoms with Gasteiger partial charge in [-0.15, -0.1) is 11.3 Å². The van der Waals surface area contributed by atoms with E-state index in [1.807, 2.05) is 52.7 Å². The molecule has 0 atom stereocenters. The van der Waals surface area contributed by atoms with Gasteiger partial charge >= 0.3 is 0 Å². The molecule has 7 heteroatoms. The Hall–Kier alpha value is -2.85. The van der Waals surface area contributed by atoms with Crippen molar-refractivity contribution in [3.05, 3.63) is 46.7 Å². The van der Waals surface area contributed by atoms with Gasteiger partial charge in [-0.1, -0.05) is 6.07 Å². The van der Waals surface area contributed by atoms with Gasteiger partial charge in [-0.2, -0.15) is 5.26 Å². The molecule has 3 rings (SSSR count). The normalized spacial score (nSPS) is 14.0. The van der Waals surface area contributed by atoms with E-state index in [2.05, 4.69) is 10.2 Å². The van der Waals surface area contributed by atoms with Gasteiger partial charge in [0.1, 0.15) is 6.42 Å². The van der Waals surface area contributed by atoms with Crippen molar-refractivity contribution in [2.75, 3.05) is 36.4 Å². The molecule has 6 nitrogen and oxygen atoms in total. The molecule has 1 saturated heterocycles. The average molecular weight is 354 g/mol. The highest BCUT2D eigenvalue weighted by Crippen LogP contribution is 2.21. The number of anilines is 2. The van der Waals surface area contributed by atoms with Gasteiger partial charge in [0.2, 0.25) is 5.91 Å². The summed E-state index contributed by atoms with van der Waals surface area (Å²) in [6, 6.07) is 13.1. The molecule has 2 amide bonds. The third-order valence-electron chi connectivity index (χ3n) is 4.05. The highest BCUT2D eigenvalue weighted by molar-refractivity contribution is 7.12. The van der Waals surface area contributed by atoms with Crippen LogP contribution in [0.1, 0.15) is 16.1 Å². The number of carbonyl (C=O) groups is 2. The van der Waals surface area contributed by atoms with Crippen molar-refractivity contribution in [3.63, 3.8) is 0 Å². The Morgan fingerprint density at radius 3 is 2.44 bits per heavy atom. The number of thiophene rings is 1. The van der Waals surface area contributed by atoms with E-state index in [0.29, 0.717) is 18.8 Å². The average Bonchev–Trinajstić information content (AvgIpc) is 3.17. The first-order valence-electron chi connectivity index (χ1n) is 8.02. The summed E-state index contributed by atoms with van der Waals surface area (Å²) in [5, 5.41) is 13.1. The Bertz CT molecular complexity index is 772. The van der Waals surface area contributed by atoms with Crippen molar-refractivity contribution < 1.29 is 9.59 Å². The van der Waals surface area contributed by atoms with Crippen LogP contribution >= 0.6 is 11.3 Å². The fourth-order valence-corrected chi connectivity index (χ4v) is 3.45. The van der Waals surface area contributed by atoms with Crippen molar-refractivity contribution in [3.8, 4) is 6.07 Å². The molecule has 2 heterocycles. The van der Waals surface area contributed by atoms with E-state index >= 15 is 0 Å². The Labute approximate surface area is 150 Å². The van der Waals surface area contributed by atoms with E-state index in [9.17, 15) is 9.59 Å². The molecule has 0 bridgehead atoms. The number of hydrogen-bond acceptors (Lipinski definition) is 5. The molecule has 1 N–H and O–H groups in total. The minimum atomic E-state index is -0.309. The second-order valence-electron chi connectivity index (χ2n) is 5.69. The summed E-state index contributed by atoms with van der Waals surface area (Å²) in [5.41, 5.74) is 1.73. The van der Waals surface area contributed by atoms with E-state index in [1.165, 1.54) is 11.3 Å². The minimum absolute atomic E-state index is 0.102. The first-order valence-corrected chi connectivity index (χ1v) is 8.90. The number of hydrogen-bond donors (Lipinski definition) is 1. The molecule has 0 saturated carbocycles. The predicted molar refractivity (Wildman–Crippen MR) is 97.7 cm³/mol. The van der Waals surface area contributed by atoms with Crippen molar-refractivity contribution in [2.45, 2.75) is 6.42 Å². The summed E-state index contributed by atoms with van der Waals surface area (Å²) < 4.78 is 0. The van der Waals surface area contributed by atoms with Crippen LogP contribution in [0, 0.1) is 11.3 Å². The van der Waals surface area contributed by atoms with E-state index in [1.54, 1.807) is 0 Å². The lowest BCUT2D eigenvalue weighted by Crippen LogP contribution is -2.48. The number of nitriles is 1. The topological polar surface area (TPSA) is 76.4 Å². The molecule has 1 aromatic heterocycles. The first-order chi connectivity index (χ1) is 12.2. The van der Waals surface area contributed by atoms with Gasteiger partial charge in [-0.25, -0.2) is 0 Å². The van der Waals surface area contributed by atoms with Crippen LogP contribution in [0.4, 0.5) is 11.4 Å². The van der Waals surface area contributed by atoms with Crippen LogP contribution in [-0.4, -0.2) is 42.9 Å². The van der Waals surface area contributed by atoms with Gasteiger partial charge in [0.15, 0.2) is 0 Å². The van der Waals surface area contributed by atoms with Crippen LogP contribution in [0.5, 0.6) is 0 Å². The number of rotatable bonds is 4. The quantitative estimate of drug-likeness (QED) is 0.915. The molecule has 0 spiro atoms. The third kappa shape index (κ3) is 4.17. The molecular formula is C18H18N4O2S. The Kier molecular flexibility index (Phi) is 5.31. The van der Waals surface area contributed by atoms with Gasteiger partial charge in [-0.05, 0) is 35.7 Å². The van der Waals surface area contributed by atoms with E-state index in [-0.39, 0.29) is 18.2 Å². The van der Waals surface area contributed by atoms with Crippen LogP contribution in [0.25, 0.3) is 0 Å². The number of nitrogens with one attached hydrogen (secondary N) is 1. The van der Waals surface area contributed by atoms with E-state index < -0.39 is 0 Å². The molecule has 128 valence electrons. The monoisotopic (exact) mass is 354 g/mol. The molecule has 0 aliphatic carbocycles. The van der Waals surface area contributed by atoms with Crippen LogP contribution in [0.15, 0.2) is 41.8 Å². The molecule has 1 aliphatic rings. The molecule has 25 heavy (non-hydrogen) atoms. The zero-order valence-electron chi connectivity index (χ0n) is 13.6. The summed E-state index contributed by atoms with van der Waals surface area (Å²) in [6.45, 7) is 2.93. The van der Waals surface area contributed by atoms with E-state index in [4.69, 9.17) is 5.26 Å². The molecule has 0 unspecified atom stereocenters. The second kappa shape index (κ2) is 7.81. The Morgan fingerprint density at radius 1 is 1.12 bits per heavy atom. The number of piperazine rings is 1. The second-order valence-corrected chi connectivity index (χ2v) is 6.63. The third-order valence-corrected chi connectivity index (χ3v) is 4.91. The van der Waals surface area contributed by atoms with Gasteiger partial charge in [0.05, 0.1) is 10.9 Å². The van der Waals surface area contributed by atoms with Crippen molar-refractivity contribution in [1.29, 1.82) is 5.26 Å². The number of carbonyl (C=O) groups excluding carboxylic acids is 2. The first kappa shape index (κ1) is 17.0. The SMILES string of the molecule is N#CCC(=O)Nc1ccc(N2CCN(C(=O)c3cccs3)CC2)cc1. The van der Waals surface area contributed by atoms with Crippen LogP contribution in [0.3, 0.4) is 0 Å². The summed E-state index contributed by atoms with van der Waals surface area (Å²) in [4.78, 5) is 28.7.